The Hall–Kier alpha value is -3.59. The summed E-state index contributed by atoms with van der Waals surface area (Å²) in [6.45, 7) is 0. The van der Waals surface area contributed by atoms with Crippen molar-refractivity contribution < 1.29 is 36.2 Å². The molecule has 1 unspecified atom stereocenters. The normalized spacial score (nSPS) is 11.9. The van der Waals surface area contributed by atoms with Crippen LogP contribution in [-0.2, 0) is 33.4 Å². The number of alkyl halides is 3. The van der Waals surface area contributed by atoms with E-state index in [-0.39, 0.29) is 34.9 Å². The minimum absolute atomic E-state index is 0.00259. The summed E-state index contributed by atoms with van der Waals surface area (Å²) in [7, 11) is 1.25. The van der Waals surface area contributed by atoms with Gasteiger partial charge in [-0.05, 0) is 54.1 Å². The van der Waals surface area contributed by atoms with Gasteiger partial charge in [0.25, 0.3) is 0 Å². The molecule has 0 aromatic heterocycles. The van der Waals surface area contributed by atoms with Crippen LogP contribution < -0.4 is 9.04 Å². The second-order valence-corrected chi connectivity index (χ2v) is 8.17. The van der Waals surface area contributed by atoms with Crippen molar-refractivity contribution in [2.24, 2.45) is 0 Å². The lowest BCUT2D eigenvalue weighted by Crippen LogP contribution is -2.19. The molecule has 35 heavy (non-hydrogen) atoms. The number of carbonyl (C=O) groups is 1. The molecule has 1 atom stereocenters. The molecule has 0 bridgehead atoms. The third kappa shape index (κ3) is 6.30. The first kappa shape index (κ1) is 26.0. The number of nitrogens with zero attached hydrogens (tertiary/aromatic N) is 2. The van der Waals surface area contributed by atoms with E-state index in [1.165, 1.54) is 43.5 Å². The van der Waals surface area contributed by atoms with Crippen LogP contribution >= 0.6 is 11.6 Å². The van der Waals surface area contributed by atoms with Gasteiger partial charge in [-0.3, -0.25) is 13.3 Å². The lowest BCUT2D eigenvalue weighted by atomic mass is 10.1. The first-order valence-corrected chi connectivity index (χ1v) is 11.1. The van der Waals surface area contributed by atoms with Crippen molar-refractivity contribution in [2.75, 3.05) is 11.4 Å². The van der Waals surface area contributed by atoms with Gasteiger partial charge in [-0.25, -0.2) is 0 Å². The predicted molar refractivity (Wildman–Crippen MR) is 121 cm³/mol. The highest BCUT2D eigenvalue weighted by Crippen LogP contribution is 2.39. The van der Waals surface area contributed by atoms with E-state index in [0.717, 1.165) is 10.4 Å². The molecule has 0 heterocycles. The number of benzene rings is 3. The molecule has 0 aliphatic rings. The minimum atomic E-state index is -4.70. The van der Waals surface area contributed by atoms with Crippen LogP contribution in [0.25, 0.3) is 0 Å². The van der Waals surface area contributed by atoms with Crippen molar-refractivity contribution in [3.8, 4) is 17.6 Å². The lowest BCUT2D eigenvalue weighted by molar-refractivity contribution is -0.140. The molecule has 3 aromatic carbocycles. The summed E-state index contributed by atoms with van der Waals surface area (Å²) < 4.78 is 74.2. The van der Waals surface area contributed by atoms with Crippen LogP contribution in [0.15, 0.2) is 60.7 Å². The Morgan fingerprint density at radius 3 is 2.34 bits per heavy atom. The summed E-state index contributed by atoms with van der Waals surface area (Å²) >= 11 is 2.82. The first-order valence-electron chi connectivity index (χ1n) is 9.67. The third-order valence-corrected chi connectivity index (χ3v) is 5.73. The first-order chi connectivity index (χ1) is 16.5. The molecule has 0 spiro atoms. The summed E-state index contributed by atoms with van der Waals surface area (Å²) in [6, 6.07) is 14.6. The molecule has 0 saturated carbocycles. The van der Waals surface area contributed by atoms with Gasteiger partial charge in [0.2, 0.25) is 0 Å². The number of halogens is 4. The Balaban J connectivity index is 1.92. The number of nitriles is 1. The fourth-order valence-electron chi connectivity index (χ4n) is 3.04. The summed E-state index contributed by atoms with van der Waals surface area (Å²) in [4.78, 5) is 11.4. The van der Waals surface area contributed by atoms with E-state index in [4.69, 9.17) is 16.3 Å². The number of ether oxygens (including phenoxy) is 2. The van der Waals surface area contributed by atoms with Gasteiger partial charge in [0.1, 0.15) is 17.6 Å². The van der Waals surface area contributed by atoms with E-state index in [0.29, 0.717) is 11.6 Å². The van der Waals surface area contributed by atoms with Crippen LogP contribution in [0.2, 0.25) is 5.02 Å². The Bertz CT molecular complexity index is 1310. The molecule has 0 fully saturated rings. The number of anilines is 2. The van der Waals surface area contributed by atoms with Gasteiger partial charge in [-0.2, -0.15) is 18.4 Å². The van der Waals surface area contributed by atoms with Gasteiger partial charge >= 0.3 is 12.1 Å². The summed E-state index contributed by atoms with van der Waals surface area (Å²) in [6.07, 6.45) is -4.70. The number of esters is 1. The molecule has 7 nitrogen and oxygen atoms in total. The predicted octanol–water partition coefficient (Wildman–Crippen LogP) is 5.67. The zero-order valence-corrected chi connectivity index (χ0v) is 19.4. The zero-order valence-electron chi connectivity index (χ0n) is 17.8. The quantitative estimate of drug-likeness (QED) is 0.292. The fraction of sp³-hybridized carbons (Fsp3) is 0.130. The lowest BCUT2D eigenvalue weighted by Gasteiger charge is -2.27. The van der Waals surface area contributed by atoms with Gasteiger partial charge in [0.15, 0.2) is 0 Å². The monoisotopic (exact) mass is 523 g/mol. The maximum Gasteiger partial charge on any atom is 0.417 e. The second kappa shape index (κ2) is 10.8. The standard InChI is InChI=1S/C23H16ClF3N2O5S/c1-33-22(30)10-14-2-4-16(5-3-14)29(35(31)32)17-6-9-21(15(11-17)13-28)34-18-7-8-20(24)19(12-18)23(25,26)27/h2-9,11-12H,10H2,1H3,(H,31,32)/p-1. The Kier molecular flexibility index (Phi) is 8.01. The Labute approximate surface area is 205 Å². The van der Waals surface area contributed by atoms with Crippen LogP contribution in [0, 0.1) is 11.3 Å². The number of carbonyl (C=O) groups excluding carboxylic acids is 1. The topological polar surface area (TPSA) is 103 Å². The number of rotatable bonds is 7. The van der Waals surface area contributed by atoms with Crippen molar-refractivity contribution in [1.29, 1.82) is 5.26 Å². The largest absolute Gasteiger partial charge is 0.755 e. The highest BCUT2D eigenvalue weighted by atomic mass is 35.5. The van der Waals surface area contributed by atoms with Crippen molar-refractivity contribution in [1.82, 2.24) is 0 Å². The summed E-state index contributed by atoms with van der Waals surface area (Å²) in [5.74, 6) is -0.757. The Morgan fingerprint density at radius 2 is 1.77 bits per heavy atom. The molecule has 3 rings (SSSR count). The molecular formula is C23H15ClF3N2O5S-. The molecular weight excluding hydrogens is 509 g/mol. The van der Waals surface area contributed by atoms with E-state index in [2.05, 4.69) is 4.74 Å². The third-order valence-electron chi connectivity index (χ3n) is 4.69. The maximum atomic E-state index is 13.1. The van der Waals surface area contributed by atoms with E-state index in [1.54, 1.807) is 12.1 Å². The fourth-order valence-corrected chi connectivity index (χ4v) is 3.85. The molecule has 12 heteroatoms. The zero-order chi connectivity index (χ0) is 25.8. The van der Waals surface area contributed by atoms with Crippen LogP contribution in [0.4, 0.5) is 24.5 Å². The summed E-state index contributed by atoms with van der Waals surface area (Å²) in [5, 5.41) is 9.03. The number of hydrogen-bond donors (Lipinski definition) is 0. The van der Waals surface area contributed by atoms with E-state index in [9.17, 15) is 32.0 Å². The average molecular weight is 524 g/mol. The van der Waals surface area contributed by atoms with Crippen LogP contribution in [-0.4, -0.2) is 21.8 Å². The molecule has 3 aromatic rings. The van der Waals surface area contributed by atoms with Crippen molar-refractivity contribution in [3.63, 3.8) is 0 Å². The molecule has 0 aliphatic heterocycles. The van der Waals surface area contributed by atoms with Gasteiger partial charge < -0.3 is 14.0 Å². The van der Waals surface area contributed by atoms with Crippen LogP contribution in [0.1, 0.15) is 16.7 Å². The van der Waals surface area contributed by atoms with Gasteiger partial charge in [0, 0.05) is 0 Å². The number of methoxy groups -OCH3 is 1. The smallest absolute Gasteiger partial charge is 0.417 e. The second-order valence-electron chi connectivity index (χ2n) is 6.96. The molecule has 0 saturated heterocycles. The van der Waals surface area contributed by atoms with Crippen LogP contribution in [0.5, 0.6) is 11.5 Å². The molecule has 0 amide bonds. The van der Waals surface area contributed by atoms with Gasteiger partial charge in [-0.1, -0.05) is 23.7 Å². The van der Waals surface area contributed by atoms with Crippen molar-refractivity contribution in [3.05, 3.63) is 82.4 Å². The summed E-state index contributed by atoms with van der Waals surface area (Å²) in [5.41, 5.74) is -0.328. The van der Waals surface area contributed by atoms with E-state index < -0.39 is 34.0 Å². The SMILES string of the molecule is COC(=O)Cc1ccc(N(c2ccc(Oc3ccc(Cl)c(C(F)(F)F)c3)c(C#N)c2)S(=O)[O-])cc1. The van der Waals surface area contributed by atoms with Crippen LogP contribution in [0.3, 0.4) is 0 Å². The van der Waals surface area contributed by atoms with Crippen molar-refractivity contribution in [2.45, 2.75) is 12.6 Å². The van der Waals surface area contributed by atoms with Gasteiger partial charge in [0.05, 0.1) is 52.3 Å². The maximum absolute atomic E-state index is 13.1. The molecule has 0 aliphatic carbocycles. The van der Waals surface area contributed by atoms with E-state index >= 15 is 0 Å². The highest BCUT2D eigenvalue weighted by molar-refractivity contribution is 7.81. The molecule has 0 radical (unpaired) electrons. The Morgan fingerprint density at radius 1 is 1.11 bits per heavy atom. The minimum Gasteiger partial charge on any atom is -0.755 e. The van der Waals surface area contributed by atoms with Gasteiger partial charge in [-0.15, -0.1) is 0 Å². The number of hydrogen-bond acceptors (Lipinski definition) is 6. The van der Waals surface area contributed by atoms with E-state index in [1.807, 2.05) is 6.07 Å². The highest BCUT2D eigenvalue weighted by Gasteiger charge is 2.33. The van der Waals surface area contributed by atoms with Crippen molar-refractivity contribution >= 4 is 40.2 Å². The molecule has 182 valence electrons. The average Bonchev–Trinajstić information content (AvgIpc) is 2.81. The molecule has 0 N–H and O–H groups in total.